The highest BCUT2D eigenvalue weighted by atomic mass is 16.5. The van der Waals surface area contributed by atoms with Gasteiger partial charge in [0.25, 0.3) is 0 Å². The lowest BCUT2D eigenvalue weighted by atomic mass is 10.1. The van der Waals surface area contributed by atoms with Crippen molar-refractivity contribution < 1.29 is 9.53 Å². The molecule has 2 atom stereocenters. The van der Waals surface area contributed by atoms with Crippen LogP contribution in [0.25, 0.3) is 0 Å². The highest BCUT2D eigenvalue weighted by Gasteiger charge is 2.40. The maximum absolute atomic E-state index is 11.3. The minimum Gasteiger partial charge on any atom is -0.376 e. The lowest BCUT2D eigenvalue weighted by Crippen LogP contribution is -2.43. The Hall–Kier alpha value is -1.12. The van der Waals surface area contributed by atoms with Crippen molar-refractivity contribution in [2.24, 2.45) is 5.92 Å². The number of carbonyl (C=O) groups is 1. The first-order valence-electron chi connectivity index (χ1n) is 5.80. The zero-order valence-electron chi connectivity index (χ0n) is 9.24. The van der Waals surface area contributed by atoms with Gasteiger partial charge in [0.2, 0.25) is 5.91 Å². The molecule has 0 bridgehead atoms. The molecule has 1 aliphatic heterocycles. The van der Waals surface area contributed by atoms with Gasteiger partial charge in [0.1, 0.15) is 6.54 Å². The smallest absolute Gasteiger partial charge is 0.234 e. The lowest BCUT2D eigenvalue weighted by molar-refractivity contribution is -0.120. The Bertz CT molecular complexity index is 296. The van der Waals surface area contributed by atoms with E-state index in [-0.39, 0.29) is 19.0 Å². The summed E-state index contributed by atoms with van der Waals surface area (Å²) >= 11 is 0. The van der Waals surface area contributed by atoms with Crippen molar-refractivity contribution in [1.82, 2.24) is 10.6 Å². The monoisotopic (exact) mass is 223 g/mol. The van der Waals surface area contributed by atoms with E-state index in [0.29, 0.717) is 18.1 Å². The average Bonchev–Trinajstić information content (AvgIpc) is 3.03. The Morgan fingerprint density at radius 3 is 2.94 bits per heavy atom. The van der Waals surface area contributed by atoms with Crippen LogP contribution in [0.5, 0.6) is 0 Å². The molecule has 1 amide bonds. The molecule has 0 aromatic carbocycles. The fourth-order valence-electron chi connectivity index (χ4n) is 2.14. The standard InChI is InChI=1S/C11H17N3O2/c12-4-5-13-10(15)7-14-9-3-6-16-11(9)8-1-2-8/h8-9,11,14H,1-3,5-7H2,(H,13,15). The zero-order valence-corrected chi connectivity index (χ0v) is 9.24. The summed E-state index contributed by atoms with van der Waals surface area (Å²) in [5, 5.41) is 14.0. The van der Waals surface area contributed by atoms with Crippen LogP contribution >= 0.6 is 0 Å². The quantitative estimate of drug-likeness (QED) is 0.632. The zero-order chi connectivity index (χ0) is 11.4. The predicted molar refractivity (Wildman–Crippen MR) is 57.5 cm³/mol. The van der Waals surface area contributed by atoms with E-state index in [2.05, 4.69) is 10.6 Å². The summed E-state index contributed by atoms with van der Waals surface area (Å²) in [6, 6.07) is 2.19. The Labute approximate surface area is 95.1 Å². The van der Waals surface area contributed by atoms with E-state index in [1.54, 1.807) is 0 Å². The number of carbonyl (C=O) groups excluding carboxylic acids is 1. The first-order valence-corrected chi connectivity index (χ1v) is 5.80. The highest BCUT2D eigenvalue weighted by molar-refractivity contribution is 5.78. The minimum atomic E-state index is -0.122. The molecule has 0 spiro atoms. The number of rotatable bonds is 5. The summed E-state index contributed by atoms with van der Waals surface area (Å²) in [5.41, 5.74) is 0. The van der Waals surface area contributed by atoms with Crippen molar-refractivity contribution in [1.29, 1.82) is 5.26 Å². The number of ether oxygens (including phenoxy) is 1. The van der Waals surface area contributed by atoms with Crippen LogP contribution in [0.1, 0.15) is 19.3 Å². The van der Waals surface area contributed by atoms with Gasteiger partial charge >= 0.3 is 0 Å². The number of hydrogen-bond acceptors (Lipinski definition) is 4. The molecule has 0 radical (unpaired) electrons. The molecule has 0 aromatic rings. The topological polar surface area (TPSA) is 74.2 Å². The Kier molecular flexibility index (Phi) is 3.75. The summed E-state index contributed by atoms with van der Waals surface area (Å²) in [6.07, 6.45) is 3.78. The van der Waals surface area contributed by atoms with Gasteiger partial charge in [-0.05, 0) is 25.2 Å². The predicted octanol–water partition coefficient (Wildman–Crippen LogP) is -0.217. The van der Waals surface area contributed by atoms with E-state index in [1.165, 1.54) is 12.8 Å². The number of amides is 1. The van der Waals surface area contributed by atoms with E-state index >= 15 is 0 Å². The van der Waals surface area contributed by atoms with Crippen molar-refractivity contribution in [3.05, 3.63) is 0 Å². The van der Waals surface area contributed by atoms with Crippen LogP contribution in [-0.4, -0.2) is 37.7 Å². The van der Waals surface area contributed by atoms with Gasteiger partial charge in [0.15, 0.2) is 0 Å². The van der Waals surface area contributed by atoms with Crippen LogP contribution in [0.15, 0.2) is 0 Å². The maximum Gasteiger partial charge on any atom is 0.234 e. The van der Waals surface area contributed by atoms with Crippen molar-refractivity contribution >= 4 is 5.91 Å². The van der Waals surface area contributed by atoms with E-state index in [1.807, 2.05) is 6.07 Å². The van der Waals surface area contributed by atoms with Gasteiger partial charge in [0.05, 0.1) is 18.7 Å². The highest BCUT2D eigenvalue weighted by Crippen LogP contribution is 2.38. The molecule has 1 aliphatic carbocycles. The molecule has 1 saturated heterocycles. The van der Waals surface area contributed by atoms with Crippen molar-refractivity contribution in [3.63, 3.8) is 0 Å². The van der Waals surface area contributed by atoms with Gasteiger partial charge in [0, 0.05) is 12.6 Å². The van der Waals surface area contributed by atoms with Crippen LogP contribution in [-0.2, 0) is 9.53 Å². The number of nitrogens with one attached hydrogen (secondary N) is 2. The Morgan fingerprint density at radius 1 is 1.44 bits per heavy atom. The second kappa shape index (κ2) is 5.28. The first kappa shape index (κ1) is 11.4. The molecule has 1 heterocycles. The molecule has 5 heteroatoms. The van der Waals surface area contributed by atoms with Gasteiger partial charge < -0.3 is 15.4 Å². The Balaban J connectivity index is 1.68. The fourth-order valence-corrected chi connectivity index (χ4v) is 2.14. The van der Waals surface area contributed by atoms with Gasteiger partial charge in [-0.25, -0.2) is 0 Å². The van der Waals surface area contributed by atoms with Crippen LogP contribution in [0, 0.1) is 17.2 Å². The number of nitriles is 1. The van der Waals surface area contributed by atoms with Crippen molar-refractivity contribution in [3.8, 4) is 6.07 Å². The van der Waals surface area contributed by atoms with Gasteiger partial charge in [-0.15, -0.1) is 0 Å². The van der Waals surface area contributed by atoms with E-state index < -0.39 is 0 Å². The average molecular weight is 223 g/mol. The third-order valence-corrected chi connectivity index (χ3v) is 3.11. The maximum atomic E-state index is 11.3. The molecular formula is C11H17N3O2. The third-order valence-electron chi connectivity index (χ3n) is 3.11. The molecule has 0 aromatic heterocycles. The van der Waals surface area contributed by atoms with Gasteiger partial charge in [-0.3, -0.25) is 4.79 Å². The summed E-state index contributed by atoms with van der Waals surface area (Å²) in [6.45, 7) is 1.14. The Morgan fingerprint density at radius 2 is 2.25 bits per heavy atom. The molecule has 88 valence electrons. The van der Waals surface area contributed by atoms with Crippen molar-refractivity contribution in [2.75, 3.05) is 19.7 Å². The molecule has 2 fully saturated rings. The summed E-state index contributed by atoms with van der Waals surface area (Å²) in [4.78, 5) is 11.3. The summed E-state index contributed by atoms with van der Waals surface area (Å²) in [7, 11) is 0. The van der Waals surface area contributed by atoms with Gasteiger partial charge in [-0.2, -0.15) is 5.26 Å². The molecule has 2 N–H and O–H groups in total. The summed E-state index contributed by atoms with van der Waals surface area (Å²) in [5.74, 6) is 0.574. The second-order valence-corrected chi connectivity index (χ2v) is 4.38. The minimum absolute atomic E-state index is 0.0771. The second-order valence-electron chi connectivity index (χ2n) is 4.38. The first-order chi connectivity index (χ1) is 7.81. The molecule has 16 heavy (non-hydrogen) atoms. The SMILES string of the molecule is N#CCNC(=O)CNC1CCOC1C1CC1. The van der Waals surface area contributed by atoms with Gasteiger partial charge in [-0.1, -0.05) is 0 Å². The molecular weight excluding hydrogens is 206 g/mol. The molecule has 5 nitrogen and oxygen atoms in total. The van der Waals surface area contributed by atoms with Crippen LogP contribution in [0.4, 0.5) is 0 Å². The molecule has 1 saturated carbocycles. The van der Waals surface area contributed by atoms with E-state index in [4.69, 9.17) is 10.00 Å². The number of hydrogen-bond donors (Lipinski definition) is 2. The van der Waals surface area contributed by atoms with E-state index in [9.17, 15) is 4.79 Å². The van der Waals surface area contributed by atoms with Crippen molar-refractivity contribution in [2.45, 2.75) is 31.4 Å². The van der Waals surface area contributed by atoms with Crippen LogP contribution < -0.4 is 10.6 Å². The lowest BCUT2D eigenvalue weighted by Gasteiger charge is -2.18. The molecule has 2 unspecified atom stereocenters. The van der Waals surface area contributed by atoms with Crippen LogP contribution in [0.3, 0.4) is 0 Å². The fraction of sp³-hybridized carbons (Fsp3) is 0.818. The largest absolute Gasteiger partial charge is 0.376 e. The van der Waals surface area contributed by atoms with Crippen LogP contribution in [0.2, 0.25) is 0 Å². The number of nitrogens with zero attached hydrogens (tertiary/aromatic N) is 1. The normalized spacial score (nSPS) is 28.7. The summed E-state index contributed by atoms with van der Waals surface area (Å²) < 4.78 is 5.66. The van der Waals surface area contributed by atoms with E-state index in [0.717, 1.165) is 13.0 Å². The molecule has 2 aliphatic rings. The third kappa shape index (κ3) is 2.94. The molecule has 2 rings (SSSR count).